The van der Waals surface area contributed by atoms with Crippen molar-refractivity contribution in [3.63, 3.8) is 0 Å². The number of nitriles is 1. The molecule has 98 valence electrons. The molecule has 2 aromatic heterocycles. The van der Waals surface area contributed by atoms with Crippen LogP contribution in [0.2, 0.25) is 0 Å². The van der Waals surface area contributed by atoms with Gasteiger partial charge < -0.3 is 0 Å². The van der Waals surface area contributed by atoms with Crippen LogP contribution < -0.4 is 0 Å². The standard InChI is InChI=1S/C11H12N6O2/c1-6-9(5-12)11(15(4)13-6)16-8(3)10(17(18)19)7(2)14-16/h1-4H3. The molecule has 0 amide bonds. The lowest BCUT2D eigenvalue weighted by Crippen LogP contribution is -2.08. The molecule has 0 aliphatic heterocycles. The van der Waals surface area contributed by atoms with E-state index in [1.54, 1.807) is 27.8 Å². The van der Waals surface area contributed by atoms with Gasteiger partial charge in [-0.15, -0.1) is 0 Å². The summed E-state index contributed by atoms with van der Waals surface area (Å²) in [5, 5.41) is 28.5. The first kappa shape index (κ1) is 12.8. The average Bonchev–Trinajstić information content (AvgIpc) is 2.75. The maximum Gasteiger partial charge on any atom is 0.313 e. The normalized spacial score (nSPS) is 10.5. The highest BCUT2D eigenvalue weighted by atomic mass is 16.6. The lowest BCUT2D eigenvalue weighted by atomic mass is 10.2. The zero-order valence-corrected chi connectivity index (χ0v) is 11.0. The van der Waals surface area contributed by atoms with Crippen LogP contribution in [0, 0.1) is 42.2 Å². The molecule has 2 heterocycles. The first-order valence-corrected chi connectivity index (χ1v) is 5.53. The quantitative estimate of drug-likeness (QED) is 0.598. The molecule has 0 saturated heterocycles. The van der Waals surface area contributed by atoms with Crippen LogP contribution in [0.15, 0.2) is 0 Å². The molecular weight excluding hydrogens is 248 g/mol. The van der Waals surface area contributed by atoms with Crippen LogP contribution >= 0.6 is 0 Å². The number of nitrogens with zero attached hydrogens (tertiary/aromatic N) is 6. The summed E-state index contributed by atoms with van der Waals surface area (Å²) in [7, 11) is 1.67. The third-order valence-corrected chi connectivity index (χ3v) is 2.94. The third kappa shape index (κ3) is 1.76. The summed E-state index contributed by atoms with van der Waals surface area (Å²) in [5.74, 6) is 0.439. The first-order chi connectivity index (χ1) is 8.88. The first-order valence-electron chi connectivity index (χ1n) is 5.53. The van der Waals surface area contributed by atoms with Gasteiger partial charge in [-0.05, 0) is 20.8 Å². The van der Waals surface area contributed by atoms with Crippen molar-refractivity contribution in [1.29, 1.82) is 5.26 Å². The van der Waals surface area contributed by atoms with E-state index in [4.69, 9.17) is 0 Å². The summed E-state index contributed by atoms with van der Waals surface area (Å²) < 4.78 is 2.89. The number of aromatic nitrogens is 4. The fourth-order valence-electron chi connectivity index (χ4n) is 2.12. The van der Waals surface area contributed by atoms with Crippen molar-refractivity contribution in [2.24, 2.45) is 7.05 Å². The van der Waals surface area contributed by atoms with E-state index < -0.39 is 4.92 Å². The van der Waals surface area contributed by atoms with Gasteiger partial charge in [-0.3, -0.25) is 10.1 Å². The molecular formula is C11H12N6O2. The molecule has 0 aromatic carbocycles. The van der Waals surface area contributed by atoms with Gasteiger partial charge in [0.1, 0.15) is 23.0 Å². The van der Waals surface area contributed by atoms with Crippen LogP contribution in [0.4, 0.5) is 5.69 Å². The van der Waals surface area contributed by atoms with Gasteiger partial charge >= 0.3 is 5.69 Å². The van der Waals surface area contributed by atoms with E-state index in [2.05, 4.69) is 16.3 Å². The number of hydrogen-bond acceptors (Lipinski definition) is 5. The van der Waals surface area contributed by atoms with Crippen LogP contribution in [0.5, 0.6) is 0 Å². The third-order valence-electron chi connectivity index (χ3n) is 2.94. The molecule has 19 heavy (non-hydrogen) atoms. The highest BCUT2D eigenvalue weighted by Crippen LogP contribution is 2.26. The van der Waals surface area contributed by atoms with E-state index in [9.17, 15) is 15.4 Å². The van der Waals surface area contributed by atoms with E-state index in [1.165, 1.54) is 9.36 Å². The van der Waals surface area contributed by atoms with Crippen LogP contribution in [0.25, 0.3) is 5.82 Å². The molecule has 2 aromatic rings. The Morgan fingerprint density at radius 1 is 1.26 bits per heavy atom. The minimum Gasteiger partial charge on any atom is -0.258 e. The van der Waals surface area contributed by atoms with Gasteiger partial charge in [-0.2, -0.15) is 15.5 Å². The maximum atomic E-state index is 11.0. The SMILES string of the molecule is Cc1nn(C)c(-n2nc(C)c([N+](=O)[O-])c2C)c1C#N. The van der Waals surface area contributed by atoms with Gasteiger partial charge in [0, 0.05) is 7.05 Å². The predicted molar refractivity (Wildman–Crippen MR) is 65.9 cm³/mol. The molecule has 0 aliphatic carbocycles. The fourth-order valence-corrected chi connectivity index (χ4v) is 2.12. The topological polar surface area (TPSA) is 103 Å². The molecule has 8 heteroatoms. The van der Waals surface area contributed by atoms with Crippen molar-refractivity contribution in [1.82, 2.24) is 19.6 Å². The summed E-state index contributed by atoms with van der Waals surface area (Å²) >= 11 is 0. The summed E-state index contributed by atoms with van der Waals surface area (Å²) in [6.45, 7) is 4.88. The maximum absolute atomic E-state index is 11.0. The Hall–Kier alpha value is -2.69. The smallest absolute Gasteiger partial charge is 0.258 e. The number of hydrogen-bond donors (Lipinski definition) is 0. The van der Waals surface area contributed by atoms with Gasteiger partial charge in [-0.25, -0.2) is 9.36 Å². The van der Waals surface area contributed by atoms with Crippen LogP contribution in [0.3, 0.4) is 0 Å². The zero-order chi connectivity index (χ0) is 14.3. The van der Waals surface area contributed by atoms with E-state index in [0.717, 1.165) is 0 Å². The molecule has 2 rings (SSSR count). The van der Waals surface area contributed by atoms with Crippen molar-refractivity contribution in [3.05, 3.63) is 32.8 Å². The van der Waals surface area contributed by atoms with Crippen molar-refractivity contribution < 1.29 is 4.92 Å². The minimum absolute atomic E-state index is 0.0391. The van der Waals surface area contributed by atoms with Gasteiger partial charge in [0.15, 0.2) is 5.82 Å². The summed E-state index contributed by atoms with van der Waals surface area (Å²) in [6.07, 6.45) is 0. The number of rotatable bonds is 2. The van der Waals surface area contributed by atoms with Gasteiger partial charge in [-0.1, -0.05) is 0 Å². The predicted octanol–water partition coefficient (Wildman–Crippen LogP) is 1.31. The fraction of sp³-hybridized carbons (Fsp3) is 0.364. The number of aryl methyl sites for hydroxylation is 3. The van der Waals surface area contributed by atoms with E-state index in [-0.39, 0.29) is 5.69 Å². The van der Waals surface area contributed by atoms with Gasteiger partial charge in [0.2, 0.25) is 0 Å². The summed E-state index contributed by atoms with van der Waals surface area (Å²) in [4.78, 5) is 10.5. The summed E-state index contributed by atoms with van der Waals surface area (Å²) in [5.41, 5.74) is 1.58. The highest BCUT2D eigenvalue weighted by molar-refractivity contribution is 5.51. The molecule has 0 fully saturated rings. The van der Waals surface area contributed by atoms with Crippen LogP contribution in [-0.4, -0.2) is 24.5 Å². The molecule has 0 atom stereocenters. The Balaban J connectivity index is 2.78. The molecule has 8 nitrogen and oxygen atoms in total. The zero-order valence-electron chi connectivity index (χ0n) is 11.0. The minimum atomic E-state index is -0.469. The second-order valence-electron chi connectivity index (χ2n) is 4.21. The Kier molecular flexibility index (Phi) is 2.82. The molecule has 0 N–H and O–H groups in total. The molecule has 0 bridgehead atoms. The summed E-state index contributed by atoms with van der Waals surface area (Å²) in [6, 6.07) is 2.05. The second-order valence-corrected chi connectivity index (χ2v) is 4.21. The lowest BCUT2D eigenvalue weighted by Gasteiger charge is -2.04. The average molecular weight is 260 g/mol. The largest absolute Gasteiger partial charge is 0.313 e. The van der Waals surface area contributed by atoms with E-state index >= 15 is 0 Å². The Morgan fingerprint density at radius 2 is 1.89 bits per heavy atom. The van der Waals surface area contributed by atoms with E-state index in [0.29, 0.717) is 28.5 Å². The second kappa shape index (κ2) is 4.20. The highest BCUT2D eigenvalue weighted by Gasteiger charge is 2.26. The van der Waals surface area contributed by atoms with Crippen molar-refractivity contribution >= 4 is 5.69 Å². The van der Waals surface area contributed by atoms with Crippen LogP contribution in [-0.2, 0) is 7.05 Å². The van der Waals surface area contributed by atoms with Crippen molar-refractivity contribution in [2.75, 3.05) is 0 Å². The van der Waals surface area contributed by atoms with Crippen molar-refractivity contribution in [3.8, 4) is 11.9 Å². The van der Waals surface area contributed by atoms with E-state index in [1.807, 2.05) is 0 Å². The Bertz CT molecular complexity index is 719. The molecule has 0 radical (unpaired) electrons. The molecule has 0 aliphatic rings. The molecule has 0 spiro atoms. The Labute approximate surface area is 109 Å². The Morgan fingerprint density at radius 3 is 2.37 bits per heavy atom. The monoisotopic (exact) mass is 260 g/mol. The molecule has 0 unspecified atom stereocenters. The van der Waals surface area contributed by atoms with Crippen molar-refractivity contribution in [2.45, 2.75) is 20.8 Å². The molecule has 0 saturated carbocycles. The lowest BCUT2D eigenvalue weighted by molar-refractivity contribution is -0.386. The van der Waals surface area contributed by atoms with Gasteiger partial charge in [0.05, 0.1) is 10.6 Å². The van der Waals surface area contributed by atoms with Gasteiger partial charge in [0.25, 0.3) is 0 Å². The van der Waals surface area contributed by atoms with Crippen LogP contribution in [0.1, 0.15) is 22.6 Å². The number of nitro groups is 1.